The summed E-state index contributed by atoms with van der Waals surface area (Å²) in [6, 6.07) is 8.42. The van der Waals surface area contributed by atoms with Gasteiger partial charge in [-0.05, 0) is 12.8 Å². The number of carbonyl (C=O) groups excluding carboxylic acids is 3. The lowest BCUT2D eigenvalue weighted by molar-refractivity contribution is -0.143. The van der Waals surface area contributed by atoms with Gasteiger partial charge in [-0.15, -0.1) is 0 Å². The topological polar surface area (TPSA) is 60.4 Å². The molecule has 0 aliphatic heterocycles. The molecule has 0 atom stereocenters. The van der Waals surface area contributed by atoms with E-state index >= 15 is 0 Å². The third-order valence-electron chi connectivity index (χ3n) is 2.54. The van der Waals surface area contributed by atoms with Crippen molar-refractivity contribution in [3.05, 3.63) is 35.9 Å². The molecule has 1 rings (SSSR count). The fourth-order valence-electron chi connectivity index (χ4n) is 1.55. The summed E-state index contributed by atoms with van der Waals surface area (Å²) >= 11 is 0. The van der Waals surface area contributed by atoms with Crippen LogP contribution in [0.5, 0.6) is 0 Å². The first kappa shape index (κ1) is 15.1. The lowest BCUT2D eigenvalue weighted by Crippen LogP contribution is -2.14. The first-order chi connectivity index (χ1) is 9.15. The Kier molecular flexibility index (Phi) is 6.50. The Hall–Kier alpha value is -1.97. The van der Waals surface area contributed by atoms with Crippen LogP contribution >= 0.6 is 0 Å². The van der Waals surface area contributed by atoms with Gasteiger partial charge in [0.2, 0.25) is 11.6 Å². The second-order valence-corrected chi connectivity index (χ2v) is 4.19. The van der Waals surface area contributed by atoms with E-state index in [1.54, 1.807) is 30.3 Å². The number of benzene rings is 1. The van der Waals surface area contributed by atoms with E-state index in [2.05, 4.69) is 0 Å². The highest BCUT2D eigenvalue weighted by atomic mass is 16.5. The molecule has 0 aliphatic rings. The van der Waals surface area contributed by atoms with Gasteiger partial charge in [0.15, 0.2) is 0 Å². The molecule has 0 amide bonds. The molecular weight excluding hydrogens is 244 g/mol. The SMILES string of the molecule is CCCOC(=O)CCCC(=O)C(=O)c1ccccc1. The van der Waals surface area contributed by atoms with Crippen molar-refractivity contribution in [1.29, 1.82) is 0 Å². The number of ketones is 2. The molecule has 0 saturated heterocycles. The summed E-state index contributed by atoms with van der Waals surface area (Å²) in [6.45, 7) is 2.31. The van der Waals surface area contributed by atoms with E-state index in [0.29, 0.717) is 18.6 Å². The van der Waals surface area contributed by atoms with Crippen LogP contribution < -0.4 is 0 Å². The summed E-state index contributed by atoms with van der Waals surface area (Å²) in [5, 5.41) is 0. The van der Waals surface area contributed by atoms with Crippen molar-refractivity contribution in [2.45, 2.75) is 32.6 Å². The fourth-order valence-corrected chi connectivity index (χ4v) is 1.55. The predicted octanol–water partition coefficient (Wildman–Crippen LogP) is 2.56. The third kappa shape index (κ3) is 5.46. The molecule has 0 bridgehead atoms. The van der Waals surface area contributed by atoms with Crippen LogP contribution in [0.25, 0.3) is 0 Å². The van der Waals surface area contributed by atoms with E-state index in [0.717, 1.165) is 6.42 Å². The highest BCUT2D eigenvalue weighted by Crippen LogP contribution is 2.06. The van der Waals surface area contributed by atoms with Crippen LogP contribution in [0.15, 0.2) is 30.3 Å². The number of carbonyl (C=O) groups is 3. The second kappa shape index (κ2) is 8.19. The van der Waals surface area contributed by atoms with E-state index in [-0.39, 0.29) is 18.8 Å². The van der Waals surface area contributed by atoms with Gasteiger partial charge in [-0.1, -0.05) is 37.3 Å². The zero-order valence-electron chi connectivity index (χ0n) is 11.1. The number of ether oxygens (including phenoxy) is 1. The largest absolute Gasteiger partial charge is 0.466 e. The van der Waals surface area contributed by atoms with Crippen molar-refractivity contribution in [3.63, 3.8) is 0 Å². The number of esters is 1. The van der Waals surface area contributed by atoms with Crippen molar-refractivity contribution < 1.29 is 19.1 Å². The summed E-state index contributed by atoms with van der Waals surface area (Å²) in [5.41, 5.74) is 0.390. The third-order valence-corrected chi connectivity index (χ3v) is 2.54. The molecule has 0 saturated carbocycles. The summed E-state index contributed by atoms with van der Waals surface area (Å²) < 4.78 is 4.88. The standard InChI is InChI=1S/C15H18O4/c1-2-11-19-14(17)10-6-9-13(16)15(18)12-7-4-3-5-8-12/h3-5,7-8H,2,6,9-11H2,1H3. The highest BCUT2D eigenvalue weighted by Gasteiger charge is 2.15. The van der Waals surface area contributed by atoms with E-state index in [1.807, 2.05) is 6.92 Å². The minimum atomic E-state index is -0.498. The molecule has 0 radical (unpaired) electrons. The smallest absolute Gasteiger partial charge is 0.305 e. The van der Waals surface area contributed by atoms with E-state index in [9.17, 15) is 14.4 Å². The average Bonchev–Trinajstić information content (AvgIpc) is 2.45. The van der Waals surface area contributed by atoms with Crippen LogP contribution in [0, 0.1) is 0 Å². The zero-order valence-corrected chi connectivity index (χ0v) is 11.1. The van der Waals surface area contributed by atoms with Crippen LogP contribution in [-0.2, 0) is 14.3 Å². The molecule has 0 unspecified atom stereocenters. The Morgan fingerprint density at radius 3 is 2.37 bits per heavy atom. The molecule has 0 fully saturated rings. The molecule has 1 aromatic carbocycles. The van der Waals surface area contributed by atoms with E-state index in [4.69, 9.17) is 4.74 Å². The van der Waals surface area contributed by atoms with Gasteiger partial charge in [0.25, 0.3) is 0 Å². The van der Waals surface area contributed by atoms with Crippen molar-refractivity contribution >= 4 is 17.5 Å². The molecule has 0 aromatic heterocycles. The normalized spacial score (nSPS) is 9.95. The van der Waals surface area contributed by atoms with E-state index in [1.165, 1.54) is 0 Å². The van der Waals surface area contributed by atoms with Gasteiger partial charge in [-0.3, -0.25) is 14.4 Å². The molecule has 0 N–H and O–H groups in total. The van der Waals surface area contributed by atoms with Crippen LogP contribution in [0.2, 0.25) is 0 Å². The van der Waals surface area contributed by atoms with Crippen molar-refractivity contribution in [2.24, 2.45) is 0 Å². The van der Waals surface area contributed by atoms with Gasteiger partial charge in [0, 0.05) is 18.4 Å². The first-order valence-electron chi connectivity index (χ1n) is 6.43. The molecule has 19 heavy (non-hydrogen) atoms. The maximum absolute atomic E-state index is 11.7. The lowest BCUT2D eigenvalue weighted by Gasteiger charge is -2.02. The van der Waals surface area contributed by atoms with Crippen LogP contribution in [0.4, 0.5) is 0 Å². The Labute approximate surface area is 112 Å². The van der Waals surface area contributed by atoms with Gasteiger partial charge < -0.3 is 4.74 Å². The number of hydrogen-bond donors (Lipinski definition) is 0. The van der Waals surface area contributed by atoms with Crippen molar-refractivity contribution in [3.8, 4) is 0 Å². The number of hydrogen-bond acceptors (Lipinski definition) is 4. The molecule has 0 spiro atoms. The maximum atomic E-state index is 11.7. The van der Waals surface area contributed by atoms with Gasteiger partial charge in [0.1, 0.15) is 0 Å². The van der Waals surface area contributed by atoms with Crippen LogP contribution in [-0.4, -0.2) is 24.1 Å². The molecule has 4 nitrogen and oxygen atoms in total. The fraction of sp³-hybridized carbons (Fsp3) is 0.400. The monoisotopic (exact) mass is 262 g/mol. The van der Waals surface area contributed by atoms with Gasteiger partial charge in [0.05, 0.1) is 6.61 Å². The second-order valence-electron chi connectivity index (χ2n) is 4.19. The first-order valence-corrected chi connectivity index (χ1v) is 6.43. The average molecular weight is 262 g/mol. The number of Topliss-reactive ketones (excluding diaryl/α,β-unsaturated/α-hetero) is 2. The number of rotatable bonds is 8. The Morgan fingerprint density at radius 2 is 1.74 bits per heavy atom. The molecular formula is C15H18O4. The van der Waals surface area contributed by atoms with Gasteiger partial charge >= 0.3 is 5.97 Å². The summed E-state index contributed by atoms with van der Waals surface area (Å²) in [4.78, 5) is 34.6. The molecule has 102 valence electrons. The summed E-state index contributed by atoms with van der Waals surface area (Å²) in [6.07, 6.45) is 1.37. The Bertz CT molecular complexity index is 437. The van der Waals surface area contributed by atoms with Gasteiger partial charge in [-0.2, -0.15) is 0 Å². The minimum Gasteiger partial charge on any atom is -0.466 e. The minimum absolute atomic E-state index is 0.0783. The Balaban J connectivity index is 2.32. The summed E-state index contributed by atoms with van der Waals surface area (Å²) in [7, 11) is 0. The van der Waals surface area contributed by atoms with Gasteiger partial charge in [-0.25, -0.2) is 0 Å². The molecule has 0 heterocycles. The molecule has 4 heteroatoms. The van der Waals surface area contributed by atoms with Crippen molar-refractivity contribution in [1.82, 2.24) is 0 Å². The zero-order chi connectivity index (χ0) is 14.1. The van der Waals surface area contributed by atoms with Crippen molar-refractivity contribution in [2.75, 3.05) is 6.61 Å². The Morgan fingerprint density at radius 1 is 1.05 bits per heavy atom. The maximum Gasteiger partial charge on any atom is 0.305 e. The van der Waals surface area contributed by atoms with Crippen LogP contribution in [0.3, 0.4) is 0 Å². The summed E-state index contributed by atoms with van der Waals surface area (Å²) in [5.74, 6) is -1.28. The molecule has 0 aliphatic carbocycles. The highest BCUT2D eigenvalue weighted by molar-refractivity contribution is 6.43. The van der Waals surface area contributed by atoms with E-state index < -0.39 is 11.6 Å². The molecule has 1 aromatic rings. The predicted molar refractivity (Wildman–Crippen MR) is 70.9 cm³/mol. The van der Waals surface area contributed by atoms with Crippen LogP contribution in [0.1, 0.15) is 43.0 Å². The lowest BCUT2D eigenvalue weighted by atomic mass is 10.0. The quantitative estimate of drug-likeness (QED) is 0.410.